The molecule has 1 heterocycles. The summed E-state index contributed by atoms with van der Waals surface area (Å²) < 4.78 is 0. The molecule has 1 radical (unpaired) electrons. The summed E-state index contributed by atoms with van der Waals surface area (Å²) in [5, 5.41) is 3.19. The van der Waals surface area contributed by atoms with Crippen LogP contribution in [0.1, 0.15) is 25.7 Å². The summed E-state index contributed by atoms with van der Waals surface area (Å²) in [4.78, 5) is 11.3. The lowest BCUT2D eigenvalue weighted by Crippen LogP contribution is -2.17. The third-order valence-corrected chi connectivity index (χ3v) is 2.19. The number of nitrogens with one attached hydrogen (secondary N) is 1. The lowest BCUT2D eigenvalue weighted by atomic mass is 9.99. The van der Waals surface area contributed by atoms with E-state index >= 15 is 0 Å². The van der Waals surface area contributed by atoms with Crippen LogP contribution in [-0.2, 0) is 4.79 Å². The van der Waals surface area contributed by atoms with Gasteiger partial charge in [-0.05, 0) is 19.4 Å². The molecule has 2 nitrogen and oxygen atoms in total. The molecule has 2 heteroatoms. The van der Waals surface area contributed by atoms with E-state index in [1.165, 1.54) is 0 Å². The maximum Gasteiger partial charge on any atom is 0.137 e. The summed E-state index contributed by atoms with van der Waals surface area (Å²) in [6, 6.07) is 0. The normalized spacial score (nSPS) is 23.9. The molecule has 1 fully saturated rings. The second-order valence-electron chi connectivity index (χ2n) is 3.11. The van der Waals surface area contributed by atoms with Gasteiger partial charge in [-0.25, -0.2) is 0 Å². The van der Waals surface area contributed by atoms with Crippen molar-refractivity contribution in [3.63, 3.8) is 0 Å². The summed E-state index contributed by atoms with van der Waals surface area (Å²) in [5.74, 6) is 0.736. The van der Waals surface area contributed by atoms with Gasteiger partial charge >= 0.3 is 0 Å². The Hall–Kier alpha value is -0.370. The second-order valence-corrected chi connectivity index (χ2v) is 3.11. The van der Waals surface area contributed by atoms with E-state index < -0.39 is 0 Å². The summed E-state index contributed by atoms with van der Waals surface area (Å²) in [6.45, 7) is 5.63. The molecule has 1 aliphatic heterocycles. The molecular formula is C9H16NO. The molecule has 0 aliphatic carbocycles. The minimum atomic E-state index is 0.307. The highest BCUT2D eigenvalue weighted by Crippen LogP contribution is 2.12. The van der Waals surface area contributed by atoms with Crippen molar-refractivity contribution in [2.24, 2.45) is 5.92 Å². The van der Waals surface area contributed by atoms with Crippen LogP contribution in [0.25, 0.3) is 0 Å². The number of unbranched alkanes of at least 4 members (excludes halogenated alkanes) is 1. The number of hydrogen-bond donors (Lipinski definition) is 1. The van der Waals surface area contributed by atoms with Crippen LogP contribution in [0.3, 0.4) is 0 Å². The Morgan fingerprint density at radius 1 is 1.64 bits per heavy atom. The van der Waals surface area contributed by atoms with E-state index in [1.54, 1.807) is 0 Å². The Kier molecular flexibility index (Phi) is 3.57. The molecule has 1 atom stereocenters. The molecule has 1 unspecified atom stereocenters. The van der Waals surface area contributed by atoms with Crippen LogP contribution in [-0.4, -0.2) is 18.9 Å². The molecule has 0 aromatic heterocycles. The van der Waals surface area contributed by atoms with E-state index in [0.717, 1.165) is 38.8 Å². The van der Waals surface area contributed by atoms with Crippen LogP contribution in [0.5, 0.6) is 0 Å². The Labute approximate surface area is 68.4 Å². The average Bonchev–Trinajstić information content (AvgIpc) is 2.52. The molecule has 1 saturated heterocycles. The van der Waals surface area contributed by atoms with Gasteiger partial charge in [0, 0.05) is 18.9 Å². The highest BCUT2D eigenvalue weighted by molar-refractivity contribution is 5.81. The topological polar surface area (TPSA) is 29.1 Å². The highest BCUT2D eigenvalue weighted by Gasteiger charge is 2.20. The molecular weight excluding hydrogens is 138 g/mol. The fourth-order valence-corrected chi connectivity index (χ4v) is 1.43. The molecule has 0 spiro atoms. The Morgan fingerprint density at radius 2 is 2.45 bits per heavy atom. The van der Waals surface area contributed by atoms with E-state index in [2.05, 4.69) is 12.2 Å². The van der Waals surface area contributed by atoms with Crippen LogP contribution < -0.4 is 5.32 Å². The Balaban J connectivity index is 2.17. The number of hydrogen-bond acceptors (Lipinski definition) is 2. The predicted molar refractivity (Wildman–Crippen MR) is 45.2 cm³/mol. The fraction of sp³-hybridized carbons (Fsp3) is 0.778. The van der Waals surface area contributed by atoms with Gasteiger partial charge in [0.05, 0.1) is 0 Å². The first-order valence-electron chi connectivity index (χ1n) is 4.37. The van der Waals surface area contributed by atoms with Gasteiger partial charge in [-0.15, -0.1) is 0 Å². The molecule has 1 rings (SSSR count). The van der Waals surface area contributed by atoms with Crippen molar-refractivity contribution >= 4 is 5.78 Å². The lowest BCUT2D eigenvalue weighted by Gasteiger charge is -2.04. The molecule has 0 aromatic carbocycles. The van der Waals surface area contributed by atoms with E-state index in [9.17, 15) is 4.79 Å². The predicted octanol–water partition coefficient (Wildman–Crippen LogP) is 1.17. The lowest BCUT2D eigenvalue weighted by molar-refractivity contribution is -0.122. The molecule has 0 saturated carbocycles. The summed E-state index contributed by atoms with van der Waals surface area (Å²) in [7, 11) is 0. The van der Waals surface area contributed by atoms with Crippen molar-refractivity contribution < 1.29 is 4.79 Å². The van der Waals surface area contributed by atoms with Gasteiger partial charge in [0.25, 0.3) is 0 Å². The van der Waals surface area contributed by atoms with Gasteiger partial charge in [-0.3, -0.25) is 4.79 Å². The zero-order chi connectivity index (χ0) is 8.10. The van der Waals surface area contributed by atoms with Crippen molar-refractivity contribution in [3.8, 4) is 0 Å². The van der Waals surface area contributed by atoms with Gasteiger partial charge in [-0.1, -0.05) is 13.3 Å². The maximum absolute atomic E-state index is 11.3. The SMILES string of the molecule is [CH2]CCCC(=O)C1CCNC1. The average molecular weight is 154 g/mol. The molecule has 1 N–H and O–H groups in total. The van der Waals surface area contributed by atoms with Crippen molar-refractivity contribution in [1.29, 1.82) is 0 Å². The van der Waals surface area contributed by atoms with Crippen molar-refractivity contribution in [2.75, 3.05) is 13.1 Å². The molecule has 0 aromatic rings. The summed E-state index contributed by atoms with van der Waals surface area (Å²) in [6.07, 6.45) is 3.60. The number of carbonyl (C=O) groups excluding carboxylic acids is 1. The number of Topliss-reactive ketones (excluding diaryl/α,β-unsaturated/α-hetero) is 1. The zero-order valence-electron chi connectivity index (χ0n) is 6.94. The summed E-state index contributed by atoms with van der Waals surface area (Å²) in [5.41, 5.74) is 0. The van der Waals surface area contributed by atoms with E-state index in [1.807, 2.05) is 0 Å². The van der Waals surface area contributed by atoms with Gasteiger partial charge in [0.2, 0.25) is 0 Å². The first-order valence-corrected chi connectivity index (χ1v) is 4.37. The standard InChI is InChI=1S/C9H16NO/c1-2-3-4-9(11)8-5-6-10-7-8/h8,10H,1-7H2. The minimum Gasteiger partial charge on any atom is -0.316 e. The van der Waals surface area contributed by atoms with Crippen molar-refractivity contribution in [3.05, 3.63) is 6.92 Å². The smallest absolute Gasteiger partial charge is 0.137 e. The second kappa shape index (κ2) is 4.50. The largest absolute Gasteiger partial charge is 0.316 e. The molecule has 11 heavy (non-hydrogen) atoms. The van der Waals surface area contributed by atoms with Crippen LogP contribution >= 0.6 is 0 Å². The third kappa shape index (κ3) is 2.62. The van der Waals surface area contributed by atoms with Crippen molar-refractivity contribution in [1.82, 2.24) is 5.32 Å². The summed E-state index contributed by atoms with van der Waals surface area (Å²) >= 11 is 0. The molecule has 1 aliphatic rings. The maximum atomic E-state index is 11.3. The highest BCUT2D eigenvalue weighted by atomic mass is 16.1. The van der Waals surface area contributed by atoms with Crippen LogP contribution in [0.15, 0.2) is 0 Å². The van der Waals surface area contributed by atoms with Gasteiger partial charge in [0.15, 0.2) is 0 Å². The van der Waals surface area contributed by atoms with Gasteiger partial charge in [-0.2, -0.15) is 0 Å². The number of ketones is 1. The van der Waals surface area contributed by atoms with E-state index in [-0.39, 0.29) is 0 Å². The monoisotopic (exact) mass is 154 g/mol. The van der Waals surface area contributed by atoms with E-state index in [0.29, 0.717) is 11.7 Å². The first-order chi connectivity index (χ1) is 5.34. The quantitative estimate of drug-likeness (QED) is 0.658. The van der Waals surface area contributed by atoms with Crippen LogP contribution in [0.2, 0.25) is 0 Å². The molecule has 0 amide bonds. The van der Waals surface area contributed by atoms with Crippen LogP contribution in [0.4, 0.5) is 0 Å². The number of carbonyl (C=O) groups is 1. The van der Waals surface area contributed by atoms with Gasteiger partial charge in [0.1, 0.15) is 5.78 Å². The first kappa shape index (κ1) is 8.72. The number of rotatable bonds is 4. The van der Waals surface area contributed by atoms with Crippen molar-refractivity contribution in [2.45, 2.75) is 25.7 Å². The molecule has 0 bridgehead atoms. The third-order valence-electron chi connectivity index (χ3n) is 2.19. The zero-order valence-corrected chi connectivity index (χ0v) is 6.94. The Bertz CT molecular complexity index is 128. The molecule has 63 valence electrons. The fourth-order valence-electron chi connectivity index (χ4n) is 1.43. The van der Waals surface area contributed by atoms with Crippen LogP contribution in [0, 0.1) is 12.8 Å². The van der Waals surface area contributed by atoms with E-state index in [4.69, 9.17) is 0 Å². The Morgan fingerprint density at radius 3 is 3.00 bits per heavy atom. The minimum absolute atomic E-state index is 0.307. The van der Waals surface area contributed by atoms with Gasteiger partial charge < -0.3 is 5.32 Å².